The van der Waals surface area contributed by atoms with Crippen molar-refractivity contribution in [2.45, 2.75) is 13.0 Å². The second-order valence-corrected chi connectivity index (χ2v) is 4.72. The molecule has 0 bridgehead atoms. The number of benzene rings is 1. The number of hydrogen-bond donors (Lipinski definition) is 0. The van der Waals surface area contributed by atoms with Crippen LogP contribution in [0.25, 0.3) is 10.9 Å². The third-order valence-electron chi connectivity index (χ3n) is 3.17. The summed E-state index contributed by atoms with van der Waals surface area (Å²) in [4.78, 5) is 14.0. The van der Waals surface area contributed by atoms with Crippen LogP contribution in [0.5, 0.6) is 0 Å². The van der Waals surface area contributed by atoms with Crippen molar-refractivity contribution in [2.75, 3.05) is 12.9 Å². The molecule has 1 amide bonds. The highest BCUT2D eigenvalue weighted by Crippen LogP contribution is 2.19. The molecule has 2 rings (SSSR count). The Morgan fingerprint density at radius 2 is 2.17 bits per heavy atom. The van der Waals surface area contributed by atoms with Gasteiger partial charge in [-0.1, -0.05) is 18.2 Å². The van der Waals surface area contributed by atoms with Crippen LogP contribution in [0.2, 0.25) is 0 Å². The summed E-state index contributed by atoms with van der Waals surface area (Å²) in [7, 11) is 3.59. The first-order valence-corrected chi connectivity index (χ1v) is 6.34. The van der Waals surface area contributed by atoms with Gasteiger partial charge < -0.3 is 4.90 Å². The molecule has 0 N–H and O–H groups in total. The third kappa shape index (κ3) is 2.08. The lowest BCUT2D eigenvalue weighted by atomic mass is 10.2. The molecule has 0 saturated heterocycles. The van der Waals surface area contributed by atoms with E-state index in [-0.39, 0.29) is 11.9 Å². The maximum absolute atomic E-state index is 12.4. The third-order valence-corrected chi connectivity index (χ3v) is 3.61. The predicted molar refractivity (Wildman–Crippen MR) is 73.0 cm³/mol. The predicted octanol–water partition coefficient (Wildman–Crippen LogP) is 2.27. The summed E-state index contributed by atoms with van der Waals surface area (Å²) in [6, 6.07) is 7.69. The highest BCUT2D eigenvalue weighted by Gasteiger charge is 2.22. The van der Waals surface area contributed by atoms with Crippen LogP contribution in [0.4, 0.5) is 0 Å². The average molecular weight is 266 g/mol. The van der Waals surface area contributed by atoms with Crippen molar-refractivity contribution in [1.29, 1.82) is 0 Å². The lowest BCUT2D eigenvalue weighted by Crippen LogP contribution is -2.36. The largest absolute Gasteiger partial charge is 0.336 e. The van der Waals surface area contributed by atoms with Gasteiger partial charge in [0.25, 0.3) is 5.91 Å². The Kier molecular flexibility index (Phi) is 3.57. The summed E-state index contributed by atoms with van der Waals surface area (Å²) >= 11 is 5.78. The summed E-state index contributed by atoms with van der Waals surface area (Å²) in [5, 5.41) is 5.18. The number of fused-ring (bicyclic) bond motifs is 1. The summed E-state index contributed by atoms with van der Waals surface area (Å²) < 4.78 is 1.72. The molecule has 1 unspecified atom stereocenters. The van der Waals surface area contributed by atoms with Gasteiger partial charge in [0.05, 0.1) is 5.52 Å². The van der Waals surface area contributed by atoms with Crippen LogP contribution >= 0.6 is 11.6 Å². The zero-order chi connectivity index (χ0) is 13.3. The maximum Gasteiger partial charge on any atom is 0.275 e. The summed E-state index contributed by atoms with van der Waals surface area (Å²) in [5.74, 6) is 0.312. The second kappa shape index (κ2) is 4.98. The van der Waals surface area contributed by atoms with Crippen molar-refractivity contribution in [1.82, 2.24) is 14.7 Å². The van der Waals surface area contributed by atoms with Gasteiger partial charge in [0.2, 0.25) is 0 Å². The van der Waals surface area contributed by atoms with Gasteiger partial charge in [-0.05, 0) is 13.0 Å². The van der Waals surface area contributed by atoms with Crippen LogP contribution in [-0.4, -0.2) is 39.6 Å². The van der Waals surface area contributed by atoms with Crippen molar-refractivity contribution in [3.05, 3.63) is 30.0 Å². The fourth-order valence-electron chi connectivity index (χ4n) is 1.84. The Balaban J connectivity index is 2.45. The lowest BCUT2D eigenvalue weighted by molar-refractivity contribution is 0.0752. The van der Waals surface area contributed by atoms with Crippen molar-refractivity contribution in [2.24, 2.45) is 7.05 Å². The molecule has 0 aliphatic heterocycles. The molecule has 0 radical (unpaired) electrons. The van der Waals surface area contributed by atoms with E-state index in [0.717, 1.165) is 10.9 Å². The molecule has 0 fully saturated rings. The summed E-state index contributed by atoms with van der Waals surface area (Å²) in [6.07, 6.45) is 0. The topological polar surface area (TPSA) is 38.1 Å². The van der Waals surface area contributed by atoms with E-state index in [4.69, 9.17) is 11.6 Å². The number of halogens is 1. The van der Waals surface area contributed by atoms with Crippen LogP contribution < -0.4 is 0 Å². The highest BCUT2D eigenvalue weighted by molar-refractivity contribution is 6.18. The number of aromatic nitrogens is 2. The molecule has 1 heterocycles. The number of carbonyl (C=O) groups is 1. The minimum Gasteiger partial charge on any atom is -0.336 e. The van der Waals surface area contributed by atoms with E-state index >= 15 is 0 Å². The number of carbonyl (C=O) groups excluding carboxylic acids is 1. The van der Waals surface area contributed by atoms with Gasteiger partial charge in [0.1, 0.15) is 0 Å². The van der Waals surface area contributed by atoms with E-state index in [1.807, 2.05) is 38.2 Å². The molecule has 0 spiro atoms. The minimum atomic E-state index is -0.0973. The monoisotopic (exact) mass is 265 g/mol. The van der Waals surface area contributed by atoms with Crippen LogP contribution in [0.1, 0.15) is 17.4 Å². The number of para-hydroxylation sites is 1. The molecule has 2 aromatic rings. The van der Waals surface area contributed by atoms with Crippen molar-refractivity contribution in [3.8, 4) is 0 Å². The first-order valence-electron chi connectivity index (χ1n) is 5.81. The number of rotatable bonds is 3. The SMILES string of the molecule is CC(CCl)N(C)C(=O)c1nn(C)c2ccccc12. The molecule has 1 aromatic heterocycles. The van der Waals surface area contributed by atoms with Gasteiger partial charge in [0, 0.05) is 31.4 Å². The van der Waals surface area contributed by atoms with Crippen LogP contribution in [0, 0.1) is 0 Å². The number of hydrogen-bond acceptors (Lipinski definition) is 2. The minimum absolute atomic E-state index is 0.0139. The first-order chi connectivity index (χ1) is 8.56. The van der Waals surface area contributed by atoms with Gasteiger partial charge >= 0.3 is 0 Å². The van der Waals surface area contributed by atoms with Gasteiger partial charge in [-0.3, -0.25) is 9.48 Å². The average Bonchev–Trinajstić information content (AvgIpc) is 2.74. The molecule has 1 aromatic carbocycles. The van der Waals surface area contributed by atoms with E-state index in [2.05, 4.69) is 5.10 Å². The first kappa shape index (κ1) is 12.9. The molecule has 0 saturated carbocycles. The molecule has 0 aliphatic carbocycles. The normalized spacial score (nSPS) is 12.7. The van der Waals surface area contributed by atoms with Crippen molar-refractivity contribution < 1.29 is 4.79 Å². The zero-order valence-electron chi connectivity index (χ0n) is 10.7. The van der Waals surface area contributed by atoms with E-state index in [9.17, 15) is 4.79 Å². The van der Waals surface area contributed by atoms with E-state index in [1.54, 1.807) is 16.6 Å². The standard InChI is InChI=1S/C13H16ClN3O/c1-9(8-14)16(2)13(18)12-10-6-4-5-7-11(10)17(3)15-12/h4-7,9H,8H2,1-3H3. The number of amides is 1. The smallest absolute Gasteiger partial charge is 0.275 e. The molecule has 18 heavy (non-hydrogen) atoms. The van der Waals surface area contributed by atoms with Gasteiger partial charge in [0.15, 0.2) is 5.69 Å². The molecule has 0 aliphatic rings. The Hall–Kier alpha value is -1.55. The van der Waals surface area contributed by atoms with Crippen molar-refractivity contribution in [3.63, 3.8) is 0 Å². The van der Waals surface area contributed by atoms with Crippen LogP contribution in [-0.2, 0) is 7.05 Å². The van der Waals surface area contributed by atoms with Crippen LogP contribution in [0.3, 0.4) is 0 Å². The lowest BCUT2D eigenvalue weighted by Gasteiger charge is -2.22. The highest BCUT2D eigenvalue weighted by atomic mass is 35.5. The van der Waals surface area contributed by atoms with Gasteiger partial charge in [-0.25, -0.2) is 0 Å². The number of nitrogens with zero attached hydrogens (tertiary/aromatic N) is 3. The second-order valence-electron chi connectivity index (χ2n) is 4.41. The maximum atomic E-state index is 12.4. The van der Waals surface area contributed by atoms with Crippen LogP contribution in [0.15, 0.2) is 24.3 Å². The fraction of sp³-hybridized carbons (Fsp3) is 0.385. The number of aryl methyl sites for hydroxylation is 1. The molecular formula is C13H16ClN3O. The molecule has 96 valence electrons. The quantitative estimate of drug-likeness (QED) is 0.799. The summed E-state index contributed by atoms with van der Waals surface area (Å²) in [6.45, 7) is 1.91. The Labute approximate surface area is 111 Å². The molecule has 4 nitrogen and oxygen atoms in total. The van der Waals surface area contributed by atoms with Gasteiger partial charge in [-0.2, -0.15) is 5.10 Å². The van der Waals surface area contributed by atoms with E-state index < -0.39 is 0 Å². The van der Waals surface area contributed by atoms with E-state index in [0.29, 0.717) is 11.6 Å². The fourth-order valence-corrected chi connectivity index (χ4v) is 2.05. The zero-order valence-corrected chi connectivity index (χ0v) is 11.5. The Morgan fingerprint density at radius 1 is 1.50 bits per heavy atom. The van der Waals surface area contributed by atoms with Crippen molar-refractivity contribution >= 4 is 28.4 Å². The molecular weight excluding hydrogens is 250 g/mol. The number of alkyl halides is 1. The van der Waals surface area contributed by atoms with E-state index in [1.165, 1.54) is 0 Å². The Bertz CT molecular complexity index is 579. The Morgan fingerprint density at radius 3 is 2.83 bits per heavy atom. The molecule has 5 heteroatoms. The summed E-state index contributed by atoms with van der Waals surface area (Å²) in [5.41, 5.74) is 1.43. The van der Waals surface area contributed by atoms with Gasteiger partial charge in [-0.15, -0.1) is 11.6 Å². The molecule has 1 atom stereocenters.